The molecule has 59 heavy (non-hydrogen) atoms. The molecular weight excluding hydrogens is 797 g/mol. The normalized spacial score (nSPS) is 11.4. The average molecular weight is 843 g/mol. The van der Waals surface area contributed by atoms with Crippen molar-refractivity contribution in [3.05, 3.63) is 131 Å². The Morgan fingerprint density at radius 3 is 1.37 bits per heavy atom. The molecule has 0 spiro atoms. The number of phenolic OH excluding ortho intramolecular Hbond substituents is 4. The SMILES string of the molecule is CCCCS(=O)(=O)Nc1ccc(CCNC(=O)c2cc3cc(O)ccc3cc2O)cc1.CS(=O)(=O)Nc1ccc(CCNC(=O)c2cc3cc(O)ccc3cc2O)cc1. The van der Waals surface area contributed by atoms with Crippen molar-refractivity contribution in [2.75, 3.05) is 34.5 Å². The predicted octanol–water partition coefficient (Wildman–Crippen LogP) is 6.36. The van der Waals surface area contributed by atoms with Crippen LogP contribution < -0.4 is 20.1 Å². The summed E-state index contributed by atoms with van der Waals surface area (Å²) in [6.07, 6.45) is 3.59. The molecule has 310 valence electrons. The second kappa shape index (κ2) is 19.3. The van der Waals surface area contributed by atoms with Gasteiger partial charge in [0.15, 0.2) is 0 Å². The summed E-state index contributed by atoms with van der Waals surface area (Å²) >= 11 is 0. The number of hydrogen-bond acceptors (Lipinski definition) is 10. The Kier molecular flexibility index (Phi) is 14.2. The molecule has 6 rings (SSSR count). The van der Waals surface area contributed by atoms with Crippen molar-refractivity contribution < 1.29 is 46.9 Å². The molecule has 0 unspecified atom stereocenters. The Morgan fingerprint density at radius 2 is 0.966 bits per heavy atom. The zero-order valence-corrected chi connectivity index (χ0v) is 34.0. The number of carbonyl (C=O) groups excluding carboxylic acids is 2. The molecule has 0 bridgehead atoms. The van der Waals surface area contributed by atoms with Crippen molar-refractivity contribution in [2.45, 2.75) is 32.6 Å². The molecule has 0 aliphatic heterocycles. The largest absolute Gasteiger partial charge is 0.508 e. The summed E-state index contributed by atoms with van der Waals surface area (Å²) in [6.45, 7) is 2.63. The fourth-order valence-electron chi connectivity index (χ4n) is 6.00. The molecule has 0 fully saturated rings. The van der Waals surface area contributed by atoms with Gasteiger partial charge in [0, 0.05) is 24.5 Å². The summed E-state index contributed by atoms with van der Waals surface area (Å²) < 4.78 is 51.3. The Hall–Kier alpha value is -6.52. The number of sulfonamides is 2. The number of unbranched alkanes of at least 4 members (excludes halogenated alkanes) is 1. The van der Waals surface area contributed by atoms with Crippen LogP contribution in [0.4, 0.5) is 11.4 Å². The van der Waals surface area contributed by atoms with E-state index in [-0.39, 0.29) is 39.9 Å². The van der Waals surface area contributed by atoms with Gasteiger partial charge in [-0.15, -0.1) is 0 Å². The number of aromatic hydroxyl groups is 4. The fourth-order valence-corrected chi connectivity index (χ4v) is 7.83. The number of anilines is 2. The fraction of sp³-hybridized carbons (Fsp3) is 0.209. The summed E-state index contributed by atoms with van der Waals surface area (Å²) in [7, 11) is -6.66. The van der Waals surface area contributed by atoms with E-state index in [1.54, 1.807) is 66.7 Å². The lowest BCUT2D eigenvalue weighted by Crippen LogP contribution is -2.25. The van der Waals surface area contributed by atoms with Crippen LogP contribution in [-0.2, 0) is 32.9 Å². The minimum absolute atomic E-state index is 0.0818. The summed E-state index contributed by atoms with van der Waals surface area (Å²) in [5, 5.41) is 47.7. The maximum absolute atomic E-state index is 12.5. The van der Waals surface area contributed by atoms with Crippen LogP contribution in [0.5, 0.6) is 23.0 Å². The van der Waals surface area contributed by atoms with Gasteiger partial charge in [-0.25, -0.2) is 16.8 Å². The molecule has 0 saturated carbocycles. The topological polar surface area (TPSA) is 231 Å². The third-order valence-electron chi connectivity index (χ3n) is 9.02. The summed E-state index contributed by atoms with van der Waals surface area (Å²) in [5.41, 5.74) is 3.10. The van der Waals surface area contributed by atoms with Crippen LogP contribution >= 0.6 is 0 Å². The molecule has 0 radical (unpaired) electrons. The van der Waals surface area contributed by atoms with Gasteiger partial charge in [-0.1, -0.05) is 49.7 Å². The number of hydrogen-bond donors (Lipinski definition) is 8. The zero-order chi connectivity index (χ0) is 42.7. The van der Waals surface area contributed by atoms with Crippen molar-refractivity contribution >= 4 is 64.8 Å². The lowest BCUT2D eigenvalue weighted by Gasteiger charge is -2.10. The first-order chi connectivity index (χ1) is 28.0. The molecule has 2 amide bonds. The molecule has 16 heteroatoms. The minimum Gasteiger partial charge on any atom is -0.508 e. The van der Waals surface area contributed by atoms with Crippen LogP contribution in [0.1, 0.15) is 51.6 Å². The first kappa shape index (κ1) is 43.6. The molecule has 0 heterocycles. The third-order valence-corrected chi connectivity index (χ3v) is 11.0. The molecule has 8 N–H and O–H groups in total. The van der Waals surface area contributed by atoms with Crippen LogP contribution in [0.15, 0.2) is 109 Å². The Bertz CT molecular complexity index is 2670. The molecule has 6 aromatic carbocycles. The van der Waals surface area contributed by atoms with Crippen molar-refractivity contribution in [2.24, 2.45) is 0 Å². The maximum atomic E-state index is 12.5. The first-order valence-electron chi connectivity index (χ1n) is 18.6. The molecule has 0 saturated heterocycles. The molecule has 0 aliphatic rings. The van der Waals surface area contributed by atoms with Gasteiger partial charge >= 0.3 is 0 Å². The van der Waals surface area contributed by atoms with Crippen LogP contribution in [0.3, 0.4) is 0 Å². The van der Waals surface area contributed by atoms with Gasteiger partial charge in [-0.3, -0.25) is 19.0 Å². The number of benzene rings is 6. The Labute approximate surface area is 342 Å². The molecule has 0 aliphatic carbocycles. The lowest BCUT2D eigenvalue weighted by molar-refractivity contribution is 0.0943. The van der Waals surface area contributed by atoms with Crippen LogP contribution in [0.2, 0.25) is 0 Å². The first-order valence-corrected chi connectivity index (χ1v) is 22.2. The highest BCUT2D eigenvalue weighted by Crippen LogP contribution is 2.29. The number of amides is 2. The minimum atomic E-state index is -3.34. The van der Waals surface area contributed by atoms with E-state index < -0.39 is 31.9 Å². The maximum Gasteiger partial charge on any atom is 0.255 e. The Morgan fingerprint density at radius 1 is 0.542 bits per heavy atom. The summed E-state index contributed by atoms with van der Waals surface area (Å²) in [6, 6.07) is 29.3. The predicted molar refractivity (Wildman–Crippen MR) is 230 cm³/mol. The van der Waals surface area contributed by atoms with E-state index in [0.29, 0.717) is 54.5 Å². The monoisotopic (exact) mass is 842 g/mol. The van der Waals surface area contributed by atoms with Crippen molar-refractivity contribution in [3.8, 4) is 23.0 Å². The highest BCUT2D eigenvalue weighted by Gasteiger charge is 2.15. The molecule has 0 atom stereocenters. The number of phenols is 4. The summed E-state index contributed by atoms with van der Waals surface area (Å²) in [5.74, 6) is -0.833. The zero-order valence-electron chi connectivity index (χ0n) is 32.4. The van der Waals surface area contributed by atoms with Crippen LogP contribution in [0, 0.1) is 0 Å². The van der Waals surface area contributed by atoms with Gasteiger partial charge in [0.05, 0.1) is 23.1 Å². The lowest BCUT2D eigenvalue weighted by atomic mass is 10.0. The molecular formula is C43H46N4O10S2. The van der Waals surface area contributed by atoms with Gasteiger partial charge < -0.3 is 31.1 Å². The third kappa shape index (κ3) is 13.0. The number of carbonyl (C=O) groups is 2. The Balaban J connectivity index is 0.000000225. The van der Waals surface area contributed by atoms with E-state index in [0.717, 1.165) is 34.6 Å². The second-order valence-electron chi connectivity index (χ2n) is 13.9. The van der Waals surface area contributed by atoms with E-state index in [2.05, 4.69) is 20.1 Å². The smallest absolute Gasteiger partial charge is 0.255 e. The standard InChI is InChI=1S/C23H26N2O5S.C20H20N2O5S/c1-2-3-12-31(29,30)25-19-7-4-16(5-8-19)10-11-24-23(28)21-14-18-13-20(26)9-6-17(18)15-22(21)27;1-28(26,27)22-16-5-2-13(3-6-16)8-9-21-20(25)18-11-15-10-17(23)7-4-14(15)12-19(18)24/h4-9,13-15,25-27H,2-3,10-12H2,1H3,(H,24,28);2-7,10-12,22-24H,8-9H2,1H3,(H,21,25). The van der Waals surface area contributed by atoms with E-state index in [9.17, 15) is 46.9 Å². The van der Waals surface area contributed by atoms with E-state index in [4.69, 9.17) is 0 Å². The van der Waals surface area contributed by atoms with Gasteiger partial charge in [-0.2, -0.15) is 0 Å². The molecule has 6 aromatic rings. The molecule has 14 nitrogen and oxygen atoms in total. The van der Waals surface area contributed by atoms with Gasteiger partial charge in [0.2, 0.25) is 20.0 Å². The van der Waals surface area contributed by atoms with Crippen molar-refractivity contribution in [1.82, 2.24) is 10.6 Å². The van der Waals surface area contributed by atoms with Crippen molar-refractivity contribution in [1.29, 1.82) is 0 Å². The number of rotatable bonds is 15. The second-order valence-corrected chi connectivity index (χ2v) is 17.4. The summed E-state index contributed by atoms with van der Waals surface area (Å²) in [4.78, 5) is 24.9. The highest BCUT2D eigenvalue weighted by atomic mass is 32.2. The van der Waals surface area contributed by atoms with Gasteiger partial charge in [0.1, 0.15) is 23.0 Å². The average Bonchev–Trinajstić information content (AvgIpc) is 3.17. The quantitative estimate of drug-likeness (QED) is 0.0570. The highest BCUT2D eigenvalue weighted by molar-refractivity contribution is 7.92. The number of fused-ring (bicyclic) bond motifs is 2. The molecule has 0 aromatic heterocycles. The van der Waals surface area contributed by atoms with Gasteiger partial charge in [-0.05, 0) is 125 Å². The van der Waals surface area contributed by atoms with E-state index in [1.165, 1.54) is 42.5 Å². The van der Waals surface area contributed by atoms with Gasteiger partial charge in [0.25, 0.3) is 11.8 Å². The van der Waals surface area contributed by atoms with E-state index >= 15 is 0 Å². The van der Waals surface area contributed by atoms with Crippen LogP contribution in [0.25, 0.3) is 21.5 Å². The van der Waals surface area contributed by atoms with Crippen LogP contribution in [-0.4, -0.2) is 74.2 Å². The van der Waals surface area contributed by atoms with E-state index in [1.807, 2.05) is 6.92 Å². The number of nitrogens with one attached hydrogen (secondary N) is 4. The van der Waals surface area contributed by atoms with Crippen molar-refractivity contribution in [3.63, 3.8) is 0 Å².